The molecule has 0 saturated carbocycles. The molecule has 1 aromatic heterocycles. The van der Waals surface area contributed by atoms with Crippen LogP contribution in [0.25, 0.3) is 10.9 Å². The molecule has 1 aliphatic rings. The van der Waals surface area contributed by atoms with E-state index in [-0.39, 0.29) is 24.2 Å². The van der Waals surface area contributed by atoms with E-state index in [9.17, 15) is 4.79 Å². The fourth-order valence-electron chi connectivity index (χ4n) is 2.20. The summed E-state index contributed by atoms with van der Waals surface area (Å²) < 4.78 is 0. The van der Waals surface area contributed by atoms with Crippen molar-refractivity contribution in [1.82, 2.24) is 15.5 Å². The number of aromatic nitrogens is 2. The maximum absolute atomic E-state index is 12.1. The highest BCUT2D eigenvalue weighted by Gasteiger charge is 2.28. The van der Waals surface area contributed by atoms with Gasteiger partial charge in [0, 0.05) is 11.3 Å². The molecule has 1 aromatic carbocycles. The van der Waals surface area contributed by atoms with E-state index in [4.69, 9.17) is 0 Å². The van der Waals surface area contributed by atoms with Crippen molar-refractivity contribution in [2.45, 2.75) is 6.92 Å². The Bertz CT molecular complexity index is 579. The van der Waals surface area contributed by atoms with E-state index in [2.05, 4.69) is 20.8 Å². The Balaban J connectivity index is 0.00000133. The number of nitrogens with zero attached hydrogens (tertiary/aromatic N) is 1. The summed E-state index contributed by atoms with van der Waals surface area (Å²) in [6.45, 7) is 3.85. The molecule has 2 aromatic rings. The standard InChI is InChI=1S/C13H16N4O.ClH/c1-8(10-5-14-6-10)13(18)16-11-4-2-3-9-7-15-17-12(9)11;/h2-4,7-8,10,14H,5-6H2,1H3,(H,15,17)(H,16,18);1H. The Morgan fingerprint density at radius 3 is 2.95 bits per heavy atom. The molecular weight excluding hydrogens is 264 g/mol. The van der Waals surface area contributed by atoms with Gasteiger partial charge in [-0.1, -0.05) is 19.1 Å². The number of halogens is 1. The number of nitrogens with one attached hydrogen (secondary N) is 3. The third-order valence-corrected chi connectivity index (χ3v) is 3.67. The molecular formula is C13H17ClN4O. The van der Waals surface area contributed by atoms with Crippen molar-refractivity contribution < 1.29 is 4.79 Å². The molecule has 1 saturated heterocycles. The minimum atomic E-state index is 0. The molecule has 1 amide bonds. The number of anilines is 1. The molecule has 3 rings (SSSR count). The number of hydrogen-bond donors (Lipinski definition) is 3. The fraction of sp³-hybridized carbons (Fsp3) is 0.385. The molecule has 6 heteroatoms. The van der Waals surface area contributed by atoms with Crippen LogP contribution in [0.4, 0.5) is 5.69 Å². The largest absolute Gasteiger partial charge is 0.324 e. The van der Waals surface area contributed by atoms with Crippen molar-refractivity contribution in [3.63, 3.8) is 0 Å². The van der Waals surface area contributed by atoms with Crippen molar-refractivity contribution in [3.8, 4) is 0 Å². The van der Waals surface area contributed by atoms with Gasteiger partial charge in [-0.25, -0.2) is 0 Å². The topological polar surface area (TPSA) is 69.8 Å². The van der Waals surface area contributed by atoms with Crippen LogP contribution in [-0.2, 0) is 4.79 Å². The summed E-state index contributed by atoms with van der Waals surface area (Å²) in [6.07, 6.45) is 1.75. The Kier molecular flexibility index (Phi) is 4.07. The molecule has 1 unspecified atom stereocenters. The summed E-state index contributed by atoms with van der Waals surface area (Å²) in [7, 11) is 0. The molecule has 0 radical (unpaired) electrons. The zero-order chi connectivity index (χ0) is 12.5. The smallest absolute Gasteiger partial charge is 0.227 e. The first-order valence-electron chi connectivity index (χ1n) is 6.19. The zero-order valence-electron chi connectivity index (χ0n) is 10.6. The van der Waals surface area contributed by atoms with Crippen molar-refractivity contribution in [2.75, 3.05) is 18.4 Å². The van der Waals surface area contributed by atoms with Crippen molar-refractivity contribution >= 4 is 34.9 Å². The van der Waals surface area contributed by atoms with Crippen LogP contribution in [-0.4, -0.2) is 29.2 Å². The van der Waals surface area contributed by atoms with Crippen LogP contribution < -0.4 is 10.6 Å². The van der Waals surface area contributed by atoms with Gasteiger partial charge >= 0.3 is 0 Å². The van der Waals surface area contributed by atoms with E-state index in [1.54, 1.807) is 6.20 Å². The van der Waals surface area contributed by atoms with E-state index in [0.717, 1.165) is 29.7 Å². The van der Waals surface area contributed by atoms with Crippen LogP contribution in [0.2, 0.25) is 0 Å². The van der Waals surface area contributed by atoms with Gasteiger partial charge in [-0.15, -0.1) is 12.4 Å². The fourth-order valence-corrected chi connectivity index (χ4v) is 2.20. The Labute approximate surface area is 117 Å². The Hall–Kier alpha value is -1.59. The number of hydrogen-bond acceptors (Lipinski definition) is 3. The van der Waals surface area contributed by atoms with Gasteiger partial charge in [-0.05, 0) is 25.1 Å². The molecule has 1 atom stereocenters. The van der Waals surface area contributed by atoms with E-state index in [1.807, 2.05) is 25.1 Å². The summed E-state index contributed by atoms with van der Waals surface area (Å²) in [6, 6.07) is 5.78. The predicted molar refractivity (Wildman–Crippen MR) is 77.5 cm³/mol. The SMILES string of the molecule is CC(C(=O)Nc1cccc2cn[nH]c12)C1CNC1.Cl. The predicted octanol–water partition coefficient (Wildman–Crippen LogP) is 1.78. The molecule has 19 heavy (non-hydrogen) atoms. The van der Waals surface area contributed by atoms with Gasteiger partial charge in [0.1, 0.15) is 0 Å². The van der Waals surface area contributed by atoms with Crippen LogP contribution in [0.5, 0.6) is 0 Å². The van der Waals surface area contributed by atoms with Crippen LogP contribution in [0.1, 0.15) is 6.92 Å². The highest BCUT2D eigenvalue weighted by molar-refractivity contribution is 6.00. The van der Waals surface area contributed by atoms with Crippen LogP contribution in [0.3, 0.4) is 0 Å². The molecule has 1 aliphatic heterocycles. The number of carbonyl (C=O) groups excluding carboxylic acids is 1. The molecule has 0 bridgehead atoms. The third-order valence-electron chi connectivity index (χ3n) is 3.67. The number of amides is 1. The van der Waals surface area contributed by atoms with E-state index in [1.165, 1.54) is 0 Å². The molecule has 3 N–H and O–H groups in total. The van der Waals surface area contributed by atoms with Gasteiger partial charge in [-0.2, -0.15) is 5.10 Å². The Morgan fingerprint density at radius 1 is 1.47 bits per heavy atom. The number of carbonyl (C=O) groups is 1. The van der Waals surface area contributed by atoms with Gasteiger partial charge in [0.05, 0.1) is 17.4 Å². The quantitative estimate of drug-likeness (QED) is 0.803. The lowest BCUT2D eigenvalue weighted by atomic mass is 9.88. The van der Waals surface area contributed by atoms with E-state index >= 15 is 0 Å². The normalized spacial score (nSPS) is 16.5. The summed E-state index contributed by atoms with van der Waals surface area (Å²) in [5, 5.41) is 14.1. The van der Waals surface area contributed by atoms with Gasteiger partial charge in [0.15, 0.2) is 0 Å². The van der Waals surface area contributed by atoms with Gasteiger partial charge in [-0.3, -0.25) is 9.89 Å². The monoisotopic (exact) mass is 280 g/mol. The van der Waals surface area contributed by atoms with Crippen LogP contribution in [0, 0.1) is 11.8 Å². The molecule has 1 fully saturated rings. The van der Waals surface area contributed by atoms with Gasteiger partial charge < -0.3 is 10.6 Å². The molecule has 102 valence electrons. The number of rotatable bonds is 3. The summed E-state index contributed by atoms with van der Waals surface area (Å²) in [5.41, 5.74) is 1.68. The number of H-pyrrole nitrogens is 1. The molecule has 0 spiro atoms. The molecule has 0 aliphatic carbocycles. The second kappa shape index (κ2) is 5.59. The lowest BCUT2D eigenvalue weighted by Gasteiger charge is -2.31. The van der Waals surface area contributed by atoms with Crippen LogP contribution in [0.15, 0.2) is 24.4 Å². The molecule has 2 heterocycles. The number of fused-ring (bicyclic) bond motifs is 1. The van der Waals surface area contributed by atoms with Gasteiger partial charge in [0.2, 0.25) is 5.91 Å². The first-order valence-corrected chi connectivity index (χ1v) is 6.19. The lowest BCUT2D eigenvalue weighted by molar-refractivity contribution is -0.121. The molecule has 5 nitrogen and oxygen atoms in total. The second-order valence-corrected chi connectivity index (χ2v) is 4.84. The highest BCUT2D eigenvalue weighted by atomic mass is 35.5. The third kappa shape index (κ3) is 2.57. The maximum atomic E-state index is 12.1. The first kappa shape index (κ1) is 13.8. The minimum Gasteiger partial charge on any atom is -0.324 e. The van der Waals surface area contributed by atoms with Gasteiger partial charge in [0.25, 0.3) is 0 Å². The first-order chi connectivity index (χ1) is 8.75. The average molecular weight is 281 g/mol. The summed E-state index contributed by atoms with van der Waals surface area (Å²) >= 11 is 0. The Morgan fingerprint density at radius 2 is 2.26 bits per heavy atom. The second-order valence-electron chi connectivity index (χ2n) is 4.84. The van der Waals surface area contributed by atoms with Crippen molar-refractivity contribution in [3.05, 3.63) is 24.4 Å². The van der Waals surface area contributed by atoms with Crippen molar-refractivity contribution in [2.24, 2.45) is 11.8 Å². The summed E-state index contributed by atoms with van der Waals surface area (Å²) in [4.78, 5) is 12.1. The highest BCUT2D eigenvalue weighted by Crippen LogP contribution is 2.23. The lowest BCUT2D eigenvalue weighted by Crippen LogP contribution is -2.48. The average Bonchev–Trinajstić information content (AvgIpc) is 2.75. The number of para-hydroxylation sites is 1. The minimum absolute atomic E-state index is 0. The maximum Gasteiger partial charge on any atom is 0.227 e. The van der Waals surface area contributed by atoms with Crippen molar-refractivity contribution in [1.29, 1.82) is 0 Å². The van der Waals surface area contributed by atoms with E-state index < -0.39 is 0 Å². The summed E-state index contributed by atoms with van der Waals surface area (Å²) in [5.74, 6) is 0.555. The number of aromatic amines is 1. The zero-order valence-corrected chi connectivity index (χ0v) is 11.5. The number of benzene rings is 1. The van der Waals surface area contributed by atoms with E-state index in [0.29, 0.717) is 5.92 Å². The van der Waals surface area contributed by atoms with Crippen LogP contribution >= 0.6 is 12.4 Å².